The summed E-state index contributed by atoms with van der Waals surface area (Å²) in [6, 6.07) is 20.7. The van der Waals surface area contributed by atoms with Gasteiger partial charge in [-0.1, -0.05) is 18.2 Å². The van der Waals surface area contributed by atoms with Crippen LogP contribution in [-0.2, 0) is 17.8 Å². The number of aliphatic hydroxyl groups is 1. The van der Waals surface area contributed by atoms with Crippen LogP contribution in [0.2, 0.25) is 0 Å². The molecule has 4 heterocycles. The predicted octanol–water partition coefficient (Wildman–Crippen LogP) is 5.51. The van der Waals surface area contributed by atoms with Crippen molar-refractivity contribution < 1.29 is 19.0 Å². The summed E-state index contributed by atoms with van der Waals surface area (Å²) < 4.78 is 22.7. The Morgan fingerprint density at radius 2 is 1.88 bits per heavy atom. The van der Waals surface area contributed by atoms with Crippen LogP contribution in [0, 0.1) is 5.82 Å². The summed E-state index contributed by atoms with van der Waals surface area (Å²) in [7, 11) is 0. The molecular formula is C36H37FN8O3. The average molecular weight is 649 g/mol. The Morgan fingerprint density at radius 3 is 2.71 bits per heavy atom. The maximum Gasteiger partial charge on any atom is 0.409 e. The lowest BCUT2D eigenvalue weighted by Gasteiger charge is -2.35. The van der Waals surface area contributed by atoms with Crippen molar-refractivity contribution in [2.24, 2.45) is 0 Å². The van der Waals surface area contributed by atoms with Gasteiger partial charge in [0.05, 0.1) is 36.5 Å². The molecule has 1 aliphatic rings. The van der Waals surface area contributed by atoms with Crippen LogP contribution in [0.15, 0.2) is 91.6 Å². The molecule has 0 bridgehead atoms. The largest absolute Gasteiger partial charge is 0.450 e. The van der Waals surface area contributed by atoms with Crippen molar-refractivity contribution >= 4 is 39.4 Å². The predicted molar refractivity (Wildman–Crippen MR) is 183 cm³/mol. The molecule has 12 heteroatoms. The standard InChI is InChI=1S/C36H37FN8O3/c1-2-48-36(47)44-14-12-42(13-15-44)22-31(46)23-43-11-10-27(21-43)26-6-8-33-32(18-26)35(39-24-38-33)41-30-7-9-34-28(17-30)19-40-45(34)20-25-4-3-5-29(37)16-25/h3-11,16-19,21,24,31,46H,2,12-15,20,22-23H2,1H3,(H,38,39,41). The molecule has 0 spiro atoms. The number of hydrogen-bond donors (Lipinski definition) is 2. The van der Waals surface area contributed by atoms with Gasteiger partial charge in [0.1, 0.15) is 18.0 Å². The Hall–Kier alpha value is -5.33. The van der Waals surface area contributed by atoms with E-state index in [9.17, 15) is 14.3 Å². The molecule has 246 valence electrons. The van der Waals surface area contributed by atoms with Gasteiger partial charge >= 0.3 is 6.09 Å². The summed E-state index contributed by atoms with van der Waals surface area (Å²) >= 11 is 0. The van der Waals surface area contributed by atoms with Gasteiger partial charge in [0.15, 0.2) is 0 Å². The van der Waals surface area contributed by atoms with Crippen molar-refractivity contribution in [3.63, 3.8) is 0 Å². The zero-order valence-corrected chi connectivity index (χ0v) is 26.7. The first-order valence-corrected chi connectivity index (χ1v) is 16.1. The third-order valence-corrected chi connectivity index (χ3v) is 8.63. The number of carbonyl (C=O) groups is 1. The summed E-state index contributed by atoms with van der Waals surface area (Å²) in [6.45, 7) is 6.25. The molecule has 1 unspecified atom stereocenters. The minimum Gasteiger partial charge on any atom is -0.450 e. The van der Waals surface area contributed by atoms with Crippen LogP contribution in [0.3, 0.4) is 0 Å². The monoisotopic (exact) mass is 648 g/mol. The molecule has 7 rings (SSSR count). The summed E-state index contributed by atoms with van der Waals surface area (Å²) in [6.07, 6.45) is 6.55. The van der Waals surface area contributed by atoms with E-state index in [1.807, 2.05) is 70.3 Å². The van der Waals surface area contributed by atoms with Crippen molar-refractivity contribution in [2.45, 2.75) is 26.1 Å². The second kappa shape index (κ2) is 13.8. The maximum atomic E-state index is 13.7. The van der Waals surface area contributed by atoms with Gasteiger partial charge in [-0.2, -0.15) is 5.10 Å². The van der Waals surface area contributed by atoms with Crippen LogP contribution in [0.4, 0.5) is 20.7 Å². The molecule has 0 saturated carbocycles. The first-order valence-electron chi connectivity index (χ1n) is 16.1. The smallest absolute Gasteiger partial charge is 0.409 e. The number of ether oxygens (including phenoxy) is 1. The Bertz CT molecular complexity index is 2050. The van der Waals surface area contributed by atoms with E-state index in [-0.39, 0.29) is 11.9 Å². The first kappa shape index (κ1) is 31.3. The zero-order chi connectivity index (χ0) is 33.0. The van der Waals surface area contributed by atoms with Gasteiger partial charge in [0, 0.05) is 68.1 Å². The minimum absolute atomic E-state index is 0.261. The molecule has 2 N–H and O–H groups in total. The van der Waals surface area contributed by atoms with Gasteiger partial charge in [-0.15, -0.1) is 0 Å². The lowest BCUT2D eigenvalue weighted by molar-refractivity contribution is 0.0533. The number of benzene rings is 3. The van der Waals surface area contributed by atoms with Gasteiger partial charge < -0.3 is 24.6 Å². The number of rotatable bonds is 10. The van der Waals surface area contributed by atoms with Gasteiger partial charge in [-0.05, 0) is 72.1 Å². The van der Waals surface area contributed by atoms with E-state index in [1.54, 1.807) is 24.2 Å². The van der Waals surface area contributed by atoms with Crippen molar-refractivity contribution in [2.75, 3.05) is 44.6 Å². The fourth-order valence-corrected chi connectivity index (χ4v) is 6.22. The van der Waals surface area contributed by atoms with E-state index in [1.165, 1.54) is 12.1 Å². The number of fused-ring (bicyclic) bond motifs is 2. The normalized spacial score (nSPS) is 14.4. The molecule has 1 aliphatic heterocycles. The number of amides is 1. The van der Waals surface area contributed by atoms with Crippen molar-refractivity contribution in [1.82, 2.24) is 34.1 Å². The van der Waals surface area contributed by atoms with E-state index < -0.39 is 6.10 Å². The number of carbonyl (C=O) groups excluding carboxylic acids is 1. The number of nitrogens with zero attached hydrogens (tertiary/aromatic N) is 7. The minimum atomic E-state index is -0.550. The number of aliphatic hydroxyl groups excluding tert-OH is 1. The van der Waals surface area contributed by atoms with E-state index in [0.29, 0.717) is 58.2 Å². The molecule has 1 saturated heterocycles. The molecule has 6 aromatic rings. The van der Waals surface area contributed by atoms with Gasteiger partial charge in [0.25, 0.3) is 0 Å². The molecule has 0 aliphatic carbocycles. The van der Waals surface area contributed by atoms with Crippen molar-refractivity contribution in [3.05, 3.63) is 103 Å². The first-order chi connectivity index (χ1) is 23.4. The van der Waals surface area contributed by atoms with Crippen LogP contribution in [0.1, 0.15) is 12.5 Å². The van der Waals surface area contributed by atoms with Crippen LogP contribution in [0.25, 0.3) is 32.9 Å². The van der Waals surface area contributed by atoms with Gasteiger partial charge in [-0.3, -0.25) is 9.58 Å². The molecule has 48 heavy (non-hydrogen) atoms. The number of β-amino-alcohol motifs (C(OH)–C–C–N with tert-alkyl or cyclic N) is 1. The SMILES string of the molecule is CCOC(=O)N1CCN(CC(O)Cn2ccc(-c3ccc4ncnc(Nc5ccc6c(cnn6Cc6cccc(F)c6)c5)c4c3)c2)CC1. The Kier molecular flexibility index (Phi) is 8.99. The Morgan fingerprint density at radius 1 is 1.00 bits per heavy atom. The Labute approximate surface area is 277 Å². The quantitative estimate of drug-likeness (QED) is 0.200. The second-order valence-electron chi connectivity index (χ2n) is 12.0. The number of piperazine rings is 1. The van der Waals surface area contributed by atoms with Crippen LogP contribution in [0.5, 0.6) is 0 Å². The molecule has 3 aromatic carbocycles. The highest BCUT2D eigenvalue weighted by Gasteiger charge is 2.23. The number of aromatic nitrogens is 5. The van der Waals surface area contributed by atoms with E-state index in [2.05, 4.69) is 31.3 Å². The summed E-state index contributed by atoms with van der Waals surface area (Å²) in [5, 5.41) is 20.7. The summed E-state index contributed by atoms with van der Waals surface area (Å²) in [5.41, 5.74) is 5.51. The average Bonchev–Trinajstić information content (AvgIpc) is 3.72. The Balaban J connectivity index is 1.02. The number of halogens is 1. The third kappa shape index (κ3) is 6.99. The molecule has 3 aromatic heterocycles. The molecule has 1 atom stereocenters. The maximum absolute atomic E-state index is 13.7. The molecular weight excluding hydrogens is 611 g/mol. The highest BCUT2D eigenvalue weighted by atomic mass is 19.1. The van der Waals surface area contributed by atoms with Crippen LogP contribution < -0.4 is 5.32 Å². The number of nitrogens with one attached hydrogen (secondary N) is 1. The molecule has 1 fully saturated rings. The fourth-order valence-electron chi connectivity index (χ4n) is 6.22. The molecule has 0 radical (unpaired) electrons. The van der Waals surface area contributed by atoms with E-state index in [0.717, 1.165) is 44.2 Å². The van der Waals surface area contributed by atoms with E-state index in [4.69, 9.17) is 4.74 Å². The fraction of sp³-hybridized carbons (Fsp3) is 0.278. The highest BCUT2D eigenvalue weighted by Crippen LogP contribution is 2.30. The number of anilines is 2. The van der Waals surface area contributed by atoms with Crippen LogP contribution in [-0.4, -0.2) is 90.7 Å². The topological polar surface area (TPSA) is 114 Å². The van der Waals surface area contributed by atoms with Crippen molar-refractivity contribution in [3.8, 4) is 11.1 Å². The molecule has 11 nitrogen and oxygen atoms in total. The highest BCUT2D eigenvalue weighted by molar-refractivity contribution is 5.94. The summed E-state index contributed by atoms with van der Waals surface area (Å²) in [5.74, 6) is 0.425. The molecule has 1 amide bonds. The zero-order valence-electron chi connectivity index (χ0n) is 26.7. The summed E-state index contributed by atoms with van der Waals surface area (Å²) in [4.78, 5) is 24.9. The lowest BCUT2D eigenvalue weighted by atomic mass is 10.1. The van der Waals surface area contributed by atoms with Crippen LogP contribution >= 0.6 is 0 Å². The second-order valence-corrected chi connectivity index (χ2v) is 12.0. The van der Waals surface area contributed by atoms with Crippen molar-refractivity contribution in [1.29, 1.82) is 0 Å². The number of hydrogen-bond acceptors (Lipinski definition) is 8. The van der Waals surface area contributed by atoms with Gasteiger partial charge in [-0.25, -0.2) is 19.2 Å². The van der Waals surface area contributed by atoms with E-state index >= 15 is 0 Å². The van der Waals surface area contributed by atoms with Gasteiger partial charge in [0.2, 0.25) is 0 Å². The third-order valence-electron chi connectivity index (χ3n) is 8.63. The lowest BCUT2D eigenvalue weighted by Crippen LogP contribution is -2.50.